The second-order valence-electron chi connectivity index (χ2n) is 8.87. The van der Waals surface area contributed by atoms with E-state index in [9.17, 15) is 5.11 Å². The van der Waals surface area contributed by atoms with Crippen LogP contribution < -0.4 is 4.74 Å². The first-order valence-corrected chi connectivity index (χ1v) is 11.6. The van der Waals surface area contributed by atoms with Gasteiger partial charge >= 0.3 is 6.01 Å². The number of rotatable bonds is 6. The number of para-hydroxylation sites is 1. The van der Waals surface area contributed by atoms with Crippen LogP contribution in [0.25, 0.3) is 5.69 Å². The minimum absolute atomic E-state index is 0.345. The smallest absolute Gasteiger partial charge is 0.301 e. The topological polar surface area (TPSA) is 50.5 Å². The van der Waals surface area contributed by atoms with Gasteiger partial charge in [0.15, 0.2) is 0 Å². The summed E-state index contributed by atoms with van der Waals surface area (Å²) in [5.74, 6) is 0.899. The molecule has 0 amide bonds. The van der Waals surface area contributed by atoms with Crippen LogP contribution in [0, 0.1) is 5.92 Å². The van der Waals surface area contributed by atoms with Crippen LogP contribution in [-0.4, -0.2) is 39.3 Å². The molecule has 5 nitrogen and oxygen atoms in total. The average molecular weight is 418 g/mol. The van der Waals surface area contributed by atoms with Gasteiger partial charge in [-0.1, -0.05) is 30.3 Å². The molecule has 31 heavy (non-hydrogen) atoms. The van der Waals surface area contributed by atoms with Crippen molar-refractivity contribution in [2.75, 3.05) is 19.7 Å². The van der Waals surface area contributed by atoms with E-state index in [0.717, 1.165) is 63.6 Å². The standard InChI is InChI=1S/C26H31N3O2/c30-23-10-6-7-21(17-23)18-28-15-13-20(14-16-28)19-31-26-27-24-11-4-5-12-25(24)29(26)22-8-2-1-3-9-22/h1-3,6-10,17,20,30H,4-5,11-16,18-19H2. The van der Waals surface area contributed by atoms with Crippen LogP contribution in [0.1, 0.15) is 42.6 Å². The van der Waals surface area contributed by atoms with Gasteiger partial charge in [0, 0.05) is 12.2 Å². The van der Waals surface area contributed by atoms with Gasteiger partial charge in [0.2, 0.25) is 0 Å². The molecule has 0 atom stereocenters. The summed E-state index contributed by atoms with van der Waals surface area (Å²) in [6, 6.07) is 18.8. The Bertz CT molecular complexity index is 1010. The third kappa shape index (κ3) is 4.62. The van der Waals surface area contributed by atoms with Gasteiger partial charge in [0.25, 0.3) is 0 Å². The van der Waals surface area contributed by atoms with Crippen molar-refractivity contribution in [3.8, 4) is 17.4 Å². The molecule has 0 spiro atoms. The Morgan fingerprint density at radius 1 is 0.968 bits per heavy atom. The van der Waals surface area contributed by atoms with Gasteiger partial charge in [0.1, 0.15) is 5.75 Å². The molecule has 1 aliphatic heterocycles. The number of benzene rings is 2. The maximum Gasteiger partial charge on any atom is 0.301 e. The number of fused-ring (bicyclic) bond motifs is 1. The molecule has 1 N–H and O–H groups in total. The maximum absolute atomic E-state index is 9.69. The van der Waals surface area contributed by atoms with E-state index >= 15 is 0 Å². The summed E-state index contributed by atoms with van der Waals surface area (Å²) in [7, 11) is 0. The summed E-state index contributed by atoms with van der Waals surface area (Å²) in [5.41, 5.74) is 4.86. The molecule has 5 heteroatoms. The maximum atomic E-state index is 9.69. The van der Waals surface area contributed by atoms with E-state index in [1.54, 1.807) is 6.07 Å². The number of likely N-dealkylation sites (tertiary alicyclic amines) is 1. The first kappa shape index (κ1) is 20.1. The van der Waals surface area contributed by atoms with Gasteiger partial charge in [-0.2, -0.15) is 4.98 Å². The van der Waals surface area contributed by atoms with Crippen LogP contribution in [-0.2, 0) is 19.4 Å². The van der Waals surface area contributed by atoms with Crippen LogP contribution in [0.2, 0.25) is 0 Å². The van der Waals surface area contributed by atoms with Crippen molar-refractivity contribution in [1.29, 1.82) is 0 Å². The Labute approximate surface area is 184 Å². The molecule has 1 aliphatic carbocycles. The molecule has 1 aromatic heterocycles. The lowest BCUT2D eigenvalue weighted by molar-refractivity contribution is 0.131. The highest BCUT2D eigenvalue weighted by molar-refractivity contribution is 5.40. The molecule has 0 saturated carbocycles. The van der Waals surface area contributed by atoms with Crippen LogP contribution in [0.4, 0.5) is 0 Å². The van der Waals surface area contributed by atoms with E-state index in [2.05, 4.69) is 45.9 Å². The van der Waals surface area contributed by atoms with Crippen molar-refractivity contribution < 1.29 is 9.84 Å². The SMILES string of the molecule is Oc1cccc(CN2CCC(COc3nc4c(n3-c3ccccc3)CCCC4)CC2)c1. The summed E-state index contributed by atoms with van der Waals surface area (Å²) in [4.78, 5) is 7.36. The Kier molecular flexibility index (Phi) is 5.94. The van der Waals surface area contributed by atoms with Gasteiger partial charge < -0.3 is 9.84 Å². The predicted octanol–water partition coefficient (Wildman–Crippen LogP) is 4.75. The zero-order valence-electron chi connectivity index (χ0n) is 18.0. The highest BCUT2D eigenvalue weighted by atomic mass is 16.5. The lowest BCUT2D eigenvalue weighted by atomic mass is 9.97. The van der Waals surface area contributed by atoms with E-state index in [1.807, 2.05) is 12.1 Å². The van der Waals surface area contributed by atoms with E-state index in [-0.39, 0.29) is 0 Å². The van der Waals surface area contributed by atoms with Crippen LogP contribution >= 0.6 is 0 Å². The number of ether oxygens (including phenoxy) is 1. The lowest BCUT2D eigenvalue weighted by Gasteiger charge is -2.31. The number of hydrogen-bond donors (Lipinski definition) is 1. The Morgan fingerprint density at radius 2 is 1.77 bits per heavy atom. The van der Waals surface area contributed by atoms with Crippen molar-refractivity contribution in [2.24, 2.45) is 5.92 Å². The van der Waals surface area contributed by atoms with Crippen molar-refractivity contribution in [2.45, 2.75) is 45.1 Å². The molecule has 5 rings (SSSR count). The molecule has 2 aliphatic rings. The van der Waals surface area contributed by atoms with Gasteiger partial charge in [-0.25, -0.2) is 0 Å². The predicted molar refractivity (Wildman–Crippen MR) is 122 cm³/mol. The van der Waals surface area contributed by atoms with Crippen molar-refractivity contribution in [1.82, 2.24) is 14.5 Å². The monoisotopic (exact) mass is 417 g/mol. The number of nitrogens with zero attached hydrogens (tertiary/aromatic N) is 3. The molecule has 0 unspecified atom stereocenters. The van der Waals surface area contributed by atoms with Gasteiger partial charge in [-0.3, -0.25) is 9.47 Å². The van der Waals surface area contributed by atoms with Crippen LogP contribution in [0.3, 0.4) is 0 Å². The fourth-order valence-corrected chi connectivity index (χ4v) is 4.87. The molecule has 0 bridgehead atoms. The van der Waals surface area contributed by atoms with Gasteiger partial charge in [-0.05, 0) is 87.4 Å². The number of phenols is 1. The first-order valence-electron chi connectivity index (χ1n) is 11.6. The highest BCUT2D eigenvalue weighted by Gasteiger charge is 2.24. The molecular formula is C26H31N3O2. The Hall–Kier alpha value is -2.79. The number of aryl methyl sites for hydroxylation is 1. The Morgan fingerprint density at radius 3 is 2.58 bits per heavy atom. The fraction of sp³-hybridized carbons (Fsp3) is 0.423. The van der Waals surface area contributed by atoms with E-state index < -0.39 is 0 Å². The minimum Gasteiger partial charge on any atom is -0.508 e. The van der Waals surface area contributed by atoms with Gasteiger partial charge in [-0.15, -0.1) is 0 Å². The van der Waals surface area contributed by atoms with Gasteiger partial charge in [0.05, 0.1) is 18.0 Å². The van der Waals surface area contributed by atoms with E-state index in [0.29, 0.717) is 11.7 Å². The molecule has 2 heterocycles. The van der Waals surface area contributed by atoms with Crippen LogP contribution in [0.5, 0.6) is 11.8 Å². The van der Waals surface area contributed by atoms with Crippen molar-refractivity contribution >= 4 is 0 Å². The third-order valence-corrected chi connectivity index (χ3v) is 6.59. The largest absolute Gasteiger partial charge is 0.508 e. The number of aromatic hydroxyl groups is 1. The van der Waals surface area contributed by atoms with Crippen molar-refractivity contribution in [3.63, 3.8) is 0 Å². The summed E-state index contributed by atoms with van der Waals surface area (Å²) in [6.45, 7) is 3.75. The third-order valence-electron chi connectivity index (χ3n) is 6.59. The summed E-state index contributed by atoms with van der Waals surface area (Å²) in [6.07, 6.45) is 6.83. The normalized spacial score (nSPS) is 17.4. The molecule has 0 radical (unpaired) electrons. The molecule has 1 saturated heterocycles. The quantitative estimate of drug-likeness (QED) is 0.629. The molecule has 2 aromatic carbocycles. The number of phenolic OH excluding ortho intramolecular Hbond substituents is 1. The van der Waals surface area contributed by atoms with Crippen molar-refractivity contribution in [3.05, 3.63) is 71.5 Å². The molecule has 1 fully saturated rings. The first-order chi connectivity index (χ1) is 15.3. The summed E-state index contributed by atoms with van der Waals surface area (Å²) in [5, 5.41) is 9.69. The zero-order valence-corrected chi connectivity index (χ0v) is 18.0. The highest BCUT2D eigenvalue weighted by Crippen LogP contribution is 2.30. The second-order valence-corrected chi connectivity index (χ2v) is 8.87. The fourth-order valence-electron chi connectivity index (χ4n) is 4.87. The number of imidazole rings is 1. The minimum atomic E-state index is 0.345. The summed E-state index contributed by atoms with van der Waals surface area (Å²) < 4.78 is 8.59. The van der Waals surface area contributed by atoms with Crippen LogP contribution in [0.15, 0.2) is 54.6 Å². The van der Waals surface area contributed by atoms with E-state index in [4.69, 9.17) is 9.72 Å². The number of hydrogen-bond acceptors (Lipinski definition) is 4. The van der Waals surface area contributed by atoms with E-state index in [1.165, 1.54) is 29.8 Å². The molecule has 3 aromatic rings. The zero-order chi connectivity index (χ0) is 21.0. The lowest BCUT2D eigenvalue weighted by Crippen LogP contribution is -2.35. The number of aromatic nitrogens is 2. The summed E-state index contributed by atoms with van der Waals surface area (Å²) >= 11 is 0. The Balaban J connectivity index is 1.22. The number of piperidine rings is 1. The average Bonchev–Trinajstić information content (AvgIpc) is 3.18. The molecule has 162 valence electrons. The second kappa shape index (κ2) is 9.15. The molecular weight excluding hydrogens is 386 g/mol.